The van der Waals surface area contributed by atoms with Gasteiger partial charge < -0.3 is 5.11 Å². The van der Waals surface area contributed by atoms with Crippen LogP contribution in [0.1, 0.15) is 26.3 Å². The van der Waals surface area contributed by atoms with Gasteiger partial charge in [0.05, 0.1) is 11.1 Å². The van der Waals surface area contributed by atoms with Crippen LogP contribution >= 0.6 is 15.9 Å². The van der Waals surface area contributed by atoms with Crippen LogP contribution in [-0.4, -0.2) is 17.4 Å². The molecule has 1 N–H and O–H groups in total. The maximum Gasteiger partial charge on any atom is 0.336 e. The minimum absolute atomic E-state index is 0.0416. The second-order valence-electron chi connectivity index (χ2n) is 2.42. The molecule has 14 heavy (non-hydrogen) atoms. The number of carboxylic acids is 1. The van der Waals surface area contributed by atoms with Crippen molar-refractivity contribution in [1.29, 1.82) is 5.26 Å². The molecule has 0 unspecified atom stereocenters. The number of halogens is 1. The summed E-state index contributed by atoms with van der Waals surface area (Å²) < 4.78 is 0.409. The molecule has 0 fully saturated rings. The smallest absolute Gasteiger partial charge is 0.336 e. The predicted octanol–water partition coefficient (Wildman–Crippen LogP) is 1.83. The highest BCUT2D eigenvalue weighted by atomic mass is 79.9. The summed E-state index contributed by atoms with van der Waals surface area (Å²) >= 11 is 3.06. The van der Waals surface area contributed by atoms with Gasteiger partial charge in [0.2, 0.25) is 0 Å². The van der Waals surface area contributed by atoms with Gasteiger partial charge in [0.15, 0.2) is 6.29 Å². The standard InChI is InChI=1S/C9H4BrNO3/c10-8-2-1-5(9(13)14)7(4-12)6(8)3-11/h1-2,4H,(H,13,14). The molecule has 0 atom stereocenters. The molecule has 0 radical (unpaired) electrons. The van der Waals surface area contributed by atoms with Gasteiger partial charge in [0, 0.05) is 10.0 Å². The van der Waals surface area contributed by atoms with Gasteiger partial charge in [-0.25, -0.2) is 4.79 Å². The first-order valence-corrected chi connectivity index (χ1v) is 4.32. The fourth-order valence-corrected chi connectivity index (χ4v) is 1.45. The Bertz CT molecular complexity index is 448. The summed E-state index contributed by atoms with van der Waals surface area (Å²) in [4.78, 5) is 21.3. The highest BCUT2D eigenvalue weighted by molar-refractivity contribution is 9.10. The number of carbonyl (C=O) groups excluding carboxylic acids is 1. The van der Waals surface area contributed by atoms with Crippen molar-refractivity contribution in [3.63, 3.8) is 0 Å². The number of nitrogens with zero attached hydrogens (tertiary/aromatic N) is 1. The highest BCUT2D eigenvalue weighted by Crippen LogP contribution is 2.22. The first-order valence-electron chi connectivity index (χ1n) is 3.53. The van der Waals surface area contributed by atoms with E-state index in [1.54, 1.807) is 6.07 Å². The Morgan fingerprint density at radius 1 is 1.57 bits per heavy atom. The van der Waals surface area contributed by atoms with Crippen molar-refractivity contribution in [1.82, 2.24) is 0 Å². The molecule has 0 heterocycles. The fourth-order valence-electron chi connectivity index (χ4n) is 1.02. The van der Waals surface area contributed by atoms with Crippen LogP contribution in [0.15, 0.2) is 16.6 Å². The second kappa shape index (κ2) is 4.03. The topological polar surface area (TPSA) is 78.2 Å². The van der Waals surface area contributed by atoms with Gasteiger partial charge in [-0.05, 0) is 28.1 Å². The molecule has 1 aromatic rings. The van der Waals surface area contributed by atoms with Crippen LogP contribution in [0.4, 0.5) is 0 Å². The molecule has 0 saturated carbocycles. The van der Waals surface area contributed by atoms with E-state index < -0.39 is 5.97 Å². The van der Waals surface area contributed by atoms with Gasteiger partial charge in [-0.2, -0.15) is 5.26 Å². The first kappa shape index (κ1) is 10.4. The predicted molar refractivity (Wildman–Crippen MR) is 51.2 cm³/mol. The maximum absolute atomic E-state index is 10.7. The fraction of sp³-hybridized carbons (Fsp3) is 0. The number of aldehydes is 1. The third kappa shape index (κ3) is 1.65. The van der Waals surface area contributed by atoms with E-state index in [1.807, 2.05) is 0 Å². The second-order valence-corrected chi connectivity index (χ2v) is 3.27. The molecule has 1 aromatic carbocycles. The van der Waals surface area contributed by atoms with E-state index in [0.717, 1.165) is 0 Å². The summed E-state index contributed by atoms with van der Waals surface area (Å²) in [6.07, 6.45) is 0.368. The Balaban J connectivity index is 3.58. The molecule has 0 aliphatic carbocycles. The van der Waals surface area contributed by atoms with E-state index in [2.05, 4.69) is 15.9 Å². The zero-order valence-corrected chi connectivity index (χ0v) is 8.41. The molecule has 0 aromatic heterocycles. The summed E-state index contributed by atoms with van der Waals surface area (Å²) in [6.45, 7) is 0. The van der Waals surface area contributed by atoms with Crippen LogP contribution in [0.3, 0.4) is 0 Å². The lowest BCUT2D eigenvalue weighted by molar-refractivity contribution is 0.0694. The molecule has 1 rings (SSSR count). The summed E-state index contributed by atoms with van der Waals surface area (Å²) in [5.41, 5.74) is -0.228. The van der Waals surface area contributed by atoms with Gasteiger partial charge in [-0.15, -0.1) is 0 Å². The van der Waals surface area contributed by atoms with Gasteiger partial charge in [0.25, 0.3) is 0 Å². The Labute approximate surface area is 87.9 Å². The van der Waals surface area contributed by atoms with E-state index in [0.29, 0.717) is 10.8 Å². The molecule has 0 saturated heterocycles. The summed E-state index contributed by atoms with van der Waals surface area (Å²) in [6, 6.07) is 4.47. The van der Waals surface area contributed by atoms with Crippen molar-refractivity contribution in [2.75, 3.05) is 0 Å². The number of nitriles is 1. The molecule has 0 spiro atoms. The minimum atomic E-state index is -1.23. The van der Waals surface area contributed by atoms with Gasteiger partial charge in [0.1, 0.15) is 6.07 Å². The Morgan fingerprint density at radius 3 is 2.64 bits per heavy atom. The normalized spacial score (nSPS) is 9.14. The Kier molecular flexibility index (Phi) is 2.99. The third-order valence-corrected chi connectivity index (χ3v) is 2.32. The molecule has 70 valence electrons. The summed E-state index contributed by atoms with van der Waals surface area (Å²) in [5, 5.41) is 17.4. The van der Waals surface area contributed by atoms with Gasteiger partial charge >= 0.3 is 5.97 Å². The number of benzene rings is 1. The van der Waals surface area contributed by atoms with E-state index in [9.17, 15) is 9.59 Å². The molecular formula is C9H4BrNO3. The minimum Gasteiger partial charge on any atom is -0.478 e. The molecule has 0 aliphatic rings. The van der Waals surface area contributed by atoms with Crippen LogP contribution in [0.5, 0.6) is 0 Å². The lowest BCUT2D eigenvalue weighted by atomic mass is 10.0. The number of hydrogen-bond donors (Lipinski definition) is 1. The van der Waals surface area contributed by atoms with Crippen molar-refractivity contribution in [2.45, 2.75) is 0 Å². The van der Waals surface area contributed by atoms with E-state index in [1.165, 1.54) is 12.1 Å². The first-order chi connectivity index (χ1) is 6.61. The average molecular weight is 254 g/mol. The van der Waals surface area contributed by atoms with Crippen molar-refractivity contribution in [3.8, 4) is 6.07 Å². The zero-order valence-electron chi connectivity index (χ0n) is 6.82. The van der Waals surface area contributed by atoms with Crippen LogP contribution < -0.4 is 0 Å². The summed E-state index contributed by atoms with van der Waals surface area (Å²) in [5.74, 6) is -1.23. The van der Waals surface area contributed by atoms with E-state index >= 15 is 0 Å². The van der Waals surface area contributed by atoms with E-state index in [-0.39, 0.29) is 16.7 Å². The van der Waals surface area contributed by atoms with Crippen LogP contribution in [0.25, 0.3) is 0 Å². The van der Waals surface area contributed by atoms with Crippen molar-refractivity contribution >= 4 is 28.2 Å². The molecule has 0 bridgehead atoms. The van der Waals surface area contributed by atoms with Crippen molar-refractivity contribution < 1.29 is 14.7 Å². The number of rotatable bonds is 2. The Hall–Kier alpha value is -1.67. The molecule has 4 nitrogen and oxygen atoms in total. The quantitative estimate of drug-likeness (QED) is 0.816. The number of carboxylic acid groups (broad SMARTS) is 1. The zero-order chi connectivity index (χ0) is 10.7. The highest BCUT2D eigenvalue weighted by Gasteiger charge is 2.15. The van der Waals surface area contributed by atoms with Crippen LogP contribution in [-0.2, 0) is 0 Å². The molecule has 0 aliphatic heterocycles. The number of hydrogen-bond acceptors (Lipinski definition) is 3. The number of aromatic carboxylic acids is 1. The van der Waals surface area contributed by atoms with Gasteiger partial charge in [-0.1, -0.05) is 0 Å². The van der Waals surface area contributed by atoms with Crippen molar-refractivity contribution in [3.05, 3.63) is 33.3 Å². The average Bonchev–Trinajstić information content (AvgIpc) is 2.16. The van der Waals surface area contributed by atoms with Gasteiger partial charge in [-0.3, -0.25) is 4.79 Å². The molecular weight excluding hydrogens is 250 g/mol. The van der Waals surface area contributed by atoms with Crippen LogP contribution in [0.2, 0.25) is 0 Å². The van der Waals surface area contributed by atoms with Crippen molar-refractivity contribution in [2.24, 2.45) is 0 Å². The monoisotopic (exact) mass is 253 g/mol. The largest absolute Gasteiger partial charge is 0.478 e. The lowest BCUT2D eigenvalue weighted by Gasteiger charge is -2.02. The third-order valence-electron chi connectivity index (χ3n) is 1.65. The SMILES string of the molecule is N#Cc1c(Br)ccc(C(=O)O)c1C=O. The van der Waals surface area contributed by atoms with Crippen LogP contribution in [0, 0.1) is 11.3 Å². The Morgan fingerprint density at radius 2 is 2.21 bits per heavy atom. The maximum atomic E-state index is 10.7. The van der Waals surface area contributed by atoms with E-state index in [4.69, 9.17) is 10.4 Å². The number of carbonyl (C=O) groups is 2. The molecule has 5 heteroatoms. The lowest BCUT2D eigenvalue weighted by Crippen LogP contribution is -2.04. The summed E-state index contributed by atoms with van der Waals surface area (Å²) in [7, 11) is 0. The molecule has 0 amide bonds.